The molecule has 0 saturated heterocycles. The van der Waals surface area contributed by atoms with E-state index in [4.69, 9.17) is 4.42 Å². The number of aryl methyl sites for hydroxylation is 1. The van der Waals surface area contributed by atoms with Crippen molar-refractivity contribution in [2.24, 2.45) is 4.99 Å². The molecule has 0 unspecified atom stereocenters. The van der Waals surface area contributed by atoms with Crippen LogP contribution in [-0.2, 0) is 0 Å². The molecule has 0 aromatic carbocycles. The van der Waals surface area contributed by atoms with Gasteiger partial charge < -0.3 is 4.42 Å². The topological polar surface area (TPSA) is 25.5 Å². The van der Waals surface area contributed by atoms with Gasteiger partial charge in [0.2, 0.25) is 0 Å². The van der Waals surface area contributed by atoms with E-state index in [0.717, 1.165) is 28.2 Å². The smallest absolute Gasteiger partial charge is 0.132 e. The SMILES string of the molecule is C=C(C)c1oc(C)c(/C=C\C=NC)c1C. The first-order chi connectivity index (χ1) is 7.07. The molecular weight excluding hydrogens is 186 g/mol. The third kappa shape index (κ3) is 2.46. The Morgan fingerprint density at radius 1 is 1.40 bits per heavy atom. The summed E-state index contributed by atoms with van der Waals surface area (Å²) in [5, 5.41) is 0. The van der Waals surface area contributed by atoms with Gasteiger partial charge in [0, 0.05) is 24.4 Å². The lowest BCUT2D eigenvalue weighted by molar-refractivity contribution is 0.519. The van der Waals surface area contributed by atoms with E-state index >= 15 is 0 Å². The summed E-state index contributed by atoms with van der Waals surface area (Å²) < 4.78 is 5.64. The fourth-order valence-corrected chi connectivity index (χ4v) is 1.55. The first-order valence-electron chi connectivity index (χ1n) is 4.92. The van der Waals surface area contributed by atoms with Crippen LogP contribution < -0.4 is 0 Å². The standard InChI is InChI=1S/C13H17NO/c1-9(2)13-10(3)12(11(4)15-13)7-6-8-14-5/h6-8H,1H2,2-5H3/b7-6-,14-8?. The highest BCUT2D eigenvalue weighted by Gasteiger charge is 2.11. The second kappa shape index (κ2) is 4.78. The van der Waals surface area contributed by atoms with Crippen molar-refractivity contribution in [1.82, 2.24) is 0 Å². The molecule has 1 heterocycles. The van der Waals surface area contributed by atoms with Crippen molar-refractivity contribution in [2.75, 3.05) is 7.05 Å². The van der Waals surface area contributed by atoms with E-state index in [1.807, 2.05) is 32.9 Å². The Morgan fingerprint density at radius 2 is 2.07 bits per heavy atom. The minimum absolute atomic E-state index is 0.889. The van der Waals surface area contributed by atoms with Crippen molar-refractivity contribution in [1.29, 1.82) is 0 Å². The predicted octanol–water partition coefficient (Wildman–Crippen LogP) is 3.64. The Kier molecular flexibility index (Phi) is 3.67. The molecule has 0 atom stereocenters. The number of nitrogens with zero attached hydrogens (tertiary/aromatic N) is 1. The zero-order valence-electron chi connectivity index (χ0n) is 9.79. The van der Waals surface area contributed by atoms with E-state index < -0.39 is 0 Å². The highest BCUT2D eigenvalue weighted by molar-refractivity contribution is 5.80. The Balaban J connectivity index is 3.13. The van der Waals surface area contributed by atoms with Crippen molar-refractivity contribution >= 4 is 17.9 Å². The van der Waals surface area contributed by atoms with Gasteiger partial charge in [0.1, 0.15) is 11.5 Å². The molecule has 2 nitrogen and oxygen atoms in total. The minimum atomic E-state index is 0.889. The summed E-state index contributed by atoms with van der Waals surface area (Å²) in [7, 11) is 1.75. The van der Waals surface area contributed by atoms with Crippen molar-refractivity contribution < 1.29 is 4.42 Å². The van der Waals surface area contributed by atoms with Gasteiger partial charge in [0.05, 0.1) is 0 Å². The summed E-state index contributed by atoms with van der Waals surface area (Å²) in [6.07, 6.45) is 5.67. The second-order valence-corrected chi connectivity index (χ2v) is 3.57. The lowest BCUT2D eigenvalue weighted by Gasteiger charge is -1.94. The Hall–Kier alpha value is -1.57. The second-order valence-electron chi connectivity index (χ2n) is 3.57. The van der Waals surface area contributed by atoms with Gasteiger partial charge in [-0.2, -0.15) is 0 Å². The van der Waals surface area contributed by atoms with Gasteiger partial charge in [0.15, 0.2) is 0 Å². The third-order valence-corrected chi connectivity index (χ3v) is 2.26. The van der Waals surface area contributed by atoms with Crippen molar-refractivity contribution in [3.63, 3.8) is 0 Å². The van der Waals surface area contributed by atoms with Gasteiger partial charge in [-0.15, -0.1) is 0 Å². The van der Waals surface area contributed by atoms with Crippen LogP contribution in [-0.4, -0.2) is 13.3 Å². The molecule has 0 spiro atoms. The molecule has 0 amide bonds. The number of allylic oxidation sites excluding steroid dienone is 2. The number of rotatable bonds is 3. The Bertz CT molecular complexity index is 422. The molecule has 0 fully saturated rings. The van der Waals surface area contributed by atoms with E-state index in [-0.39, 0.29) is 0 Å². The molecule has 15 heavy (non-hydrogen) atoms. The molecule has 1 aromatic rings. The van der Waals surface area contributed by atoms with Crippen LogP contribution in [0.1, 0.15) is 29.6 Å². The maximum Gasteiger partial charge on any atom is 0.132 e. The summed E-state index contributed by atoms with van der Waals surface area (Å²) in [5.74, 6) is 1.81. The van der Waals surface area contributed by atoms with Gasteiger partial charge in [0.25, 0.3) is 0 Å². The summed E-state index contributed by atoms with van der Waals surface area (Å²) in [6, 6.07) is 0. The molecule has 80 valence electrons. The summed E-state index contributed by atoms with van der Waals surface area (Å²) >= 11 is 0. The first-order valence-corrected chi connectivity index (χ1v) is 4.92. The Morgan fingerprint density at radius 3 is 2.53 bits per heavy atom. The Labute approximate surface area is 91.0 Å². The largest absolute Gasteiger partial charge is 0.461 e. The van der Waals surface area contributed by atoms with Gasteiger partial charge in [-0.1, -0.05) is 6.58 Å². The maximum absolute atomic E-state index is 5.64. The molecule has 2 heteroatoms. The fraction of sp³-hybridized carbons (Fsp3) is 0.308. The van der Waals surface area contributed by atoms with E-state index in [0.29, 0.717) is 0 Å². The van der Waals surface area contributed by atoms with E-state index in [2.05, 4.69) is 11.6 Å². The van der Waals surface area contributed by atoms with Crippen molar-refractivity contribution in [2.45, 2.75) is 20.8 Å². The lowest BCUT2D eigenvalue weighted by Crippen LogP contribution is -1.79. The zero-order chi connectivity index (χ0) is 11.4. The highest BCUT2D eigenvalue weighted by Crippen LogP contribution is 2.27. The fourth-order valence-electron chi connectivity index (χ4n) is 1.55. The molecule has 0 N–H and O–H groups in total. The van der Waals surface area contributed by atoms with E-state index in [1.165, 1.54) is 0 Å². The minimum Gasteiger partial charge on any atom is -0.461 e. The van der Waals surface area contributed by atoms with Crippen LogP contribution in [0, 0.1) is 13.8 Å². The average molecular weight is 203 g/mol. The highest BCUT2D eigenvalue weighted by atomic mass is 16.3. The van der Waals surface area contributed by atoms with E-state index in [9.17, 15) is 0 Å². The predicted molar refractivity (Wildman–Crippen MR) is 66.3 cm³/mol. The summed E-state index contributed by atoms with van der Waals surface area (Å²) in [4.78, 5) is 3.89. The van der Waals surface area contributed by atoms with Gasteiger partial charge in [-0.3, -0.25) is 4.99 Å². The molecular formula is C13H17NO. The molecule has 0 aliphatic rings. The molecule has 0 saturated carbocycles. The molecule has 0 bridgehead atoms. The zero-order valence-corrected chi connectivity index (χ0v) is 9.79. The maximum atomic E-state index is 5.64. The van der Waals surface area contributed by atoms with Crippen LogP contribution >= 0.6 is 0 Å². The van der Waals surface area contributed by atoms with Crippen molar-refractivity contribution in [3.8, 4) is 0 Å². The summed E-state index contributed by atoms with van der Waals surface area (Å²) in [6.45, 7) is 9.85. The van der Waals surface area contributed by atoms with Crippen LogP contribution in [0.4, 0.5) is 0 Å². The van der Waals surface area contributed by atoms with Crippen LogP contribution in [0.15, 0.2) is 22.1 Å². The molecule has 1 aromatic heterocycles. The van der Waals surface area contributed by atoms with E-state index in [1.54, 1.807) is 13.3 Å². The molecule has 0 aliphatic carbocycles. The third-order valence-electron chi connectivity index (χ3n) is 2.26. The van der Waals surface area contributed by atoms with Crippen LogP contribution in [0.25, 0.3) is 11.6 Å². The number of furan rings is 1. The number of hydrogen-bond donors (Lipinski definition) is 0. The van der Waals surface area contributed by atoms with Gasteiger partial charge in [-0.25, -0.2) is 0 Å². The average Bonchev–Trinajstić information content (AvgIpc) is 2.45. The summed E-state index contributed by atoms with van der Waals surface area (Å²) in [5.41, 5.74) is 3.22. The van der Waals surface area contributed by atoms with Crippen LogP contribution in [0.5, 0.6) is 0 Å². The molecule has 0 aliphatic heterocycles. The van der Waals surface area contributed by atoms with Gasteiger partial charge in [-0.05, 0) is 38.5 Å². The normalized spacial score (nSPS) is 11.7. The van der Waals surface area contributed by atoms with Gasteiger partial charge >= 0.3 is 0 Å². The number of hydrogen-bond acceptors (Lipinski definition) is 2. The monoisotopic (exact) mass is 203 g/mol. The first kappa shape index (κ1) is 11.5. The quantitative estimate of drug-likeness (QED) is 0.688. The molecule has 0 radical (unpaired) electrons. The van der Waals surface area contributed by atoms with Crippen LogP contribution in [0.3, 0.4) is 0 Å². The van der Waals surface area contributed by atoms with Crippen molar-refractivity contribution in [3.05, 3.63) is 35.3 Å². The van der Waals surface area contributed by atoms with Crippen LogP contribution in [0.2, 0.25) is 0 Å². The number of aliphatic imine (C=N–C) groups is 1. The lowest BCUT2D eigenvalue weighted by atomic mass is 10.1. The molecule has 1 rings (SSSR count).